The van der Waals surface area contributed by atoms with Gasteiger partial charge in [-0.25, -0.2) is 0 Å². The van der Waals surface area contributed by atoms with Crippen molar-refractivity contribution in [3.05, 3.63) is 22.2 Å². The van der Waals surface area contributed by atoms with Crippen molar-refractivity contribution in [3.63, 3.8) is 0 Å². The molecule has 0 bridgehead atoms. The van der Waals surface area contributed by atoms with Gasteiger partial charge < -0.3 is 15.6 Å². The molecule has 2 rings (SSSR count). The Balaban J connectivity index is 2.13. The number of likely N-dealkylation sites (tertiary alicyclic amines) is 1. The molecule has 1 heterocycles. The van der Waals surface area contributed by atoms with E-state index in [1.54, 1.807) is 13.2 Å². The number of halogens is 1. The molecule has 1 aromatic carbocycles. The van der Waals surface area contributed by atoms with Crippen LogP contribution >= 0.6 is 15.9 Å². The molecule has 0 amide bonds. The molecule has 0 aromatic heterocycles. The average Bonchev–Trinajstić information content (AvgIpc) is 2.37. The predicted molar refractivity (Wildman–Crippen MR) is 84.0 cm³/mol. The first-order valence-electron chi connectivity index (χ1n) is 6.87. The fourth-order valence-corrected chi connectivity index (χ4v) is 3.18. The highest BCUT2D eigenvalue weighted by Gasteiger charge is 2.33. The Morgan fingerprint density at radius 3 is 2.80 bits per heavy atom. The topological polar surface area (TPSA) is 58.7 Å². The molecule has 1 fully saturated rings. The second kappa shape index (κ2) is 5.92. The zero-order valence-electron chi connectivity index (χ0n) is 12.3. The summed E-state index contributed by atoms with van der Waals surface area (Å²) in [5, 5.41) is 9.91. The normalized spacial score (nSPS) is 22.8. The molecule has 1 atom stereocenters. The summed E-state index contributed by atoms with van der Waals surface area (Å²) in [6.07, 6.45) is 1.01. The number of phenolic OH excluding ortho intramolecular Hbond substituents is 1. The zero-order valence-corrected chi connectivity index (χ0v) is 13.9. The molecular weight excluding hydrogens is 320 g/mol. The first kappa shape index (κ1) is 15.6. The molecule has 1 aliphatic heterocycles. The van der Waals surface area contributed by atoms with Gasteiger partial charge in [-0.2, -0.15) is 0 Å². The van der Waals surface area contributed by atoms with Crippen molar-refractivity contribution in [2.24, 2.45) is 11.1 Å². The molecule has 1 aromatic rings. The van der Waals surface area contributed by atoms with Crippen molar-refractivity contribution in [2.75, 3.05) is 20.2 Å². The maximum absolute atomic E-state index is 9.91. The lowest BCUT2D eigenvalue weighted by Gasteiger charge is -2.42. The highest BCUT2D eigenvalue weighted by Crippen LogP contribution is 2.34. The van der Waals surface area contributed by atoms with E-state index in [4.69, 9.17) is 10.5 Å². The zero-order chi connectivity index (χ0) is 14.9. The number of nitrogens with zero attached hydrogens (tertiary/aromatic N) is 1. The Hall–Kier alpha value is -0.780. The van der Waals surface area contributed by atoms with Crippen molar-refractivity contribution in [1.82, 2.24) is 4.90 Å². The molecular formula is C15H23BrN2O2. The minimum absolute atomic E-state index is 0.124. The Bertz CT molecular complexity index is 491. The smallest absolute Gasteiger partial charge is 0.161 e. The van der Waals surface area contributed by atoms with Crippen LogP contribution in [0.25, 0.3) is 0 Å². The lowest BCUT2D eigenvalue weighted by atomic mass is 9.79. The third kappa shape index (κ3) is 3.27. The van der Waals surface area contributed by atoms with E-state index in [0.29, 0.717) is 5.75 Å². The van der Waals surface area contributed by atoms with Crippen molar-refractivity contribution >= 4 is 15.9 Å². The third-order valence-corrected chi connectivity index (χ3v) is 4.87. The quantitative estimate of drug-likeness (QED) is 0.886. The number of hydrogen-bond donors (Lipinski definition) is 2. The van der Waals surface area contributed by atoms with Crippen LogP contribution in [0.15, 0.2) is 16.6 Å². The Morgan fingerprint density at radius 2 is 2.20 bits per heavy atom. The van der Waals surface area contributed by atoms with Crippen LogP contribution in [0, 0.1) is 5.41 Å². The number of rotatable bonds is 3. The van der Waals surface area contributed by atoms with Crippen LogP contribution in [-0.4, -0.2) is 36.2 Å². The highest BCUT2D eigenvalue weighted by molar-refractivity contribution is 9.10. The molecule has 0 aliphatic carbocycles. The largest absolute Gasteiger partial charge is 0.504 e. The van der Waals surface area contributed by atoms with Gasteiger partial charge in [-0.15, -0.1) is 0 Å². The minimum atomic E-state index is 0.124. The molecule has 3 N–H and O–H groups in total. The molecule has 20 heavy (non-hydrogen) atoms. The van der Waals surface area contributed by atoms with Crippen molar-refractivity contribution < 1.29 is 9.84 Å². The molecule has 1 saturated heterocycles. The second-order valence-electron chi connectivity index (χ2n) is 6.21. The monoisotopic (exact) mass is 342 g/mol. The van der Waals surface area contributed by atoms with Crippen LogP contribution < -0.4 is 10.5 Å². The van der Waals surface area contributed by atoms with Crippen LogP contribution in [0.2, 0.25) is 0 Å². The first-order chi connectivity index (χ1) is 9.33. The number of ether oxygens (including phenoxy) is 1. The van der Waals surface area contributed by atoms with E-state index in [9.17, 15) is 5.11 Å². The number of piperidine rings is 1. The van der Waals surface area contributed by atoms with Gasteiger partial charge in [-0.05, 0) is 29.5 Å². The van der Waals surface area contributed by atoms with Crippen LogP contribution in [-0.2, 0) is 6.54 Å². The SMILES string of the molecule is COc1cc(Br)c(CN2CCC(N)C(C)(C)C2)cc1O. The lowest BCUT2D eigenvalue weighted by molar-refractivity contribution is 0.0896. The van der Waals surface area contributed by atoms with Crippen LogP contribution in [0.5, 0.6) is 11.5 Å². The van der Waals surface area contributed by atoms with Crippen LogP contribution in [0.1, 0.15) is 25.8 Å². The fraction of sp³-hybridized carbons (Fsp3) is 0.600. The summed E-state index contributed by atoms with van der Waals surface area (Å²) in [7, 11) is 1.55. The molecule has 0 radical (unpaired) electrons. The van der Waals surface area contributed by atoms with E-state index in [1.165, 1.54) is 0 Å². The van der Waals surface area contributed by atoms with E-state index < -0.39 is 0 Å². The van der Waals surface area contributed by atoms with E-state index in [-0.39, 0.29) is 17.2 Å². The van der Waals surface area contributed by atoms with Crippen molar-refractivity contribution in [3.8, 4) is 11.5 Å². The Kier molecular flexibility index (Phi) is 4.62. The van der Waals surface area contributed by atoms with Crippen LogP contribution in [0.3, 0.4) is 0 Å². The summed E-state index contributed by atoms with van der Waals surface area (Å²) in [5.41, 5.74) is 7.36. The Labute approximate surface area is 129 Å². The van der Waals surface area contributed by atoms with Gasteiger partial charge in [0.25, 0.3) is 0 Å². The fourth-order valence-electron chi connectivity index (χ4n) is 2.73. The number of hydrogen-bond acceptors (Lipinski definition) is 4. The van der Waals surface area contributed by atoms with Gasteiger partial charge in [-0.1, -0.05) is 29.8 Å². The summed E-state index contributed by atoms with van der Waals surface area (Å²) < 4.78 is 6.07. The van der Waals surface area contributed by atoms with Gasteiger partial charge >= 0.3 is 0 Å². The first-order valence-corrected chi connectivity index (χ1v) is 7.66. The third-order valence-electron chi connectivity index (χ3n) is 4.13. The highest BCUT2D eigenvalue weighted by atomic mass is 79.9. The second-order valence-corrected chi connectivity index (χ2v) is 7.06. The van der Waals surface area contributed by atoms with E-state index in [0.717, 1.165) is 36.1 Å². The molecule has 1 aliphatic rings. The summed E-state index contributed by atoms with van der Waals surface area (Å²) in [5.74, 6) is 0.667. The van der Waals surface area contributed by atoms with E-state index in [2.05, 4.69) is 34.7 Å². The van der Waals surface area contributed by atoms with Crippen molar-refractivity contribution in [2.45, 2.75) is 32.9 Å². The van der Waals surface area contributed by atoms with Crippen LogP contribution in [0.4, 0.5) is 0 Å². The number of benzene rings is 1. The summed E-state index contributed by atoms with van der Waals surface area (Å²) in [6, 6.07) is 3.84. The average molecular weight is 343 g/mol. The van der Waals surface area contributed by atoms with Gasteiger partial charge in [0.2, 0.25) is 0 Å². The molecule has 0 spiro atoms. The number of nitrogens with two attached hydrogens (primary N) is 1. The predicted octanol–water partition coefficient (Wildman–Crippen LogP) is 2.72. The van der Waals surface area contributed by atoms with Gasteiger partial charge in [0.05, 0.1) is 7.11 Å². The number of aromatic hydroxyl groups is 1. The Morgan fingerprint density at radius 1 is 1.50 bits per heavy atom. The summed E-state index contributed by atoms with van der Waals surface area (Å²) in [4.78, 5) is 2.38. The molecule has 112 valence electrons. The van der Waals surface area contributed by atoms with Gasteiger partial charge in [0.1, 0.15) is 0 Å². The van der Waals surface area contributed by atoms with Gasteiger partial charge in [0, 0.05) is 30.1 Å². The molecule has 5 heteroatoms. The van der Waals surface area contributed by atoms with Gasteiger partial charge in [0.15, 0.2) is 11.5 Å². The molecule has 1 unspecified atom stereocenters. The summed E-state index contributed by atoms with van der Waals surface area (Å²) >= 11 is 3.55. The minimum Gasteiger partial charge on any atom is -0.504 e. The number of methoxy groups -OCH3 is 1. The summed E-state index contributed by atoms with van der Waals surface area (Å²) in [6.45, 7) is 7.18. The standard InChI is InChI=1S/C15H23BrN2O2/c1-15(2)9-18(5-4-14(15)17)8-10-6-12(19)13(20-3)7-11(10)16/h6-7,14,19H,4-5,8-9,17H2,1-3H3. The molecule has 4 nitrogen and oxygen atoms in total. The van der Waals surface area contributed by atoms with E-state index >= 15 is 0 Å². The van der Waals surface area contributed by atoms with Crippen molar-refractivity contribution in [1.29, 1.82) is 0 Å². The maximum atomic E-state index is 9.91. The lowest BCUT2D eigenvalue weighted by Crippen LogP contribution is -2.52. The van der Waals surface area contributed by atoms with Gasteiger partial charge in [-0.3, -0.25) is 4.90 Å². The van der Waals surface area contributed by atoms with E-state index in [1.807, 2.05) is 6.07 Å². The molecule has 0 saturated carbocycles. The maximum Gasteiger partial charge on any atom is 0.161 e. The number of phenols is 1.